The number of rotatable bonds is 2. The van der Waals surface area contributed by atoms with Gasteiger partial charge in [0.05, 0.1) is 12.6 Å². The Morgan fingerprint density at radius 3 is 3.09 bits per heavy atom. The molecule has 1 saturated heterocycles. The average Bonchev–Trinajstić information content (AvgIpc) is 2.69. The van der Waals surface area contributed by atoms with E-state index in [-0.39, 0.29) is 23.7 Å². The van der Waals surface area contributed by atoms with Crippen molar-refractivity contribution in [3.63, 3.8) is 0 Å². The van der Waals surface area contributed by atoms with Gasteiger partial charge in [-0.15, -0.1) is 0 Å². The average molecular weight is 306 g/mol. The number of ether oxygens (including phenoxy) is 1. The van der Waals surface area contributed by atoms with Gasteiger partial charge in [-0.3, -0.25) is 4.79 Å². The van der Waals surface area contributed by atoms with Crippen molar-refractivity contribution in [2.24, 2.45) is 5.92 Å². The molecule has 1 unspecified atom stereocenters. The van der Waals surface area contributed by atoms with Crippen LogP contribution in [0.4, 0.5) is 4.39 Å². The molecule has 2 aliphatic rings. The fourth-order valence-corrected chi connectivity index (χ4v) is 3.36. The SMILES string of the molecule is C[C@H]1C[C@@H](C(=O)NC2CCCOc3cc(F)ccc32)CCN1. The zero-order chi connectivity index (χ0) is 15.5. The van der Waals surface area contributed by atoms with Crippen LogP contribution in [-0.2, 0) is 4.79 Å². The Bertz CT molecular complexity index is 549. The molecular weight excluding hydrogens is 283 g/mol. The van der Waals surface area contributed by atoms with E-state index in [0.29, 0.717) is 18.4 Å². The van der Waals surface area contributed by atoms with Crippen molar-refractivity contribution >= 4 is 5.91 Å². The molecule has 3 atom stereocenters. The lowest BCUT2D eigenvalue weighted by Crippen LogP contribution is -2.43. The number of nitrogens with one attached hydrogen (secondary N) is 2. The zero-order valence-electron chi connectivity index (χ0n) is 12.9. The number of hydrogen-bond donors (Lipinski definition) is 2. The van der Waals surface area contributed by atoms with E-state index < -0.39 is 0 Å². The van der Waals surface area contributed by atoms with Crippen LogP contribution in [-0.4, -0.2) is 25.1 Å². The van der Waals surface area contributed by atoms with Crippen molar-refractivity contribution in [1.29, 1.82) is 0 Å². The second kappa shape index (κ2) is 6.65. The maximum atomic E-state index is 13.4. The lowest BCUT2D eigenvalue weighted by atomic mass is 9.91. The second-order valence-electron chi connectivity index (χ2n) is 6.31. The second-order valence-corrected chi connectivity index (χ2v) is 6.31. The van der Waals surface area contributed by atoms with Crippen LogP contribution in [0, 0.1) is 11.7 Å². The molecule has 0 radical (unpaired) electrons. The first kappa shape index (κ1) is 15.3. The number of hydrogen-bond acceptors (Lipinski definition) is 3. The van der Waals surface area contributed by atoms with E-state index >= 15 is 0 Å². The fraction of sp³-hybridized carbons (Fsp3) is 0.588. The van der Waals surface area contributed by atoms with E-state index in [1.165, 1.54) is 12.1 Å². The normalized spacial score (nSPS) is 28.2. The highest BCUT2D eigenvalue weighted by Crippen LogP contribution is 2.32. The van der Waals surface area contributed by atoms with Crippen molar-refractivity contribution in [2.45, 2.75) is 44.7 Å². The number of fused-ring (bicyclic) bond motifs is 1. The lowest BCUT2D eigenvalue weighted by molar-refractivity contribution is -0.126. The number of halogens is 1. The summed E-state index contributed by atoms with van der Waals surface area (Å²) in [6.45, 7) is 3.55. The van der Waals surface area contributed by atoms with Crippen LogP contribution < -0.4 is 15.4 Å². The van der Waals surface area contributed by atoms with E-state index in [4.69, 9.17) is 4.74 Å². The number of amides is 1. The molecule has 120 valence electrons. The van der Waals surface area contributed by atoms with E-state index in [1.54, 1.807) is 6.07 Å². The van der Waals surface area contributed by atoms with Crippen molar-refractivity contribution in [3.05, 3.63) is 29.6 Å². The molecule has 2 heterocycles. The first-order valence-electron chi connectivity index (χ1n) is 8.09. The lowest BCUT2D eigenvalue weighted by Gasteiger charge is -2.29. The third-order valence-electron chi connectivity index (χ3n) is 4.56. The first-order chi connectivity index (χ1) is 10.6. The maximum absolute atomic E-state index is 13.4. The van der Waals surface area contributed by atoms with Crippen LogP contribution in [0.3, 0.4) is 0 Å². The third-order valence-corrected chi connectivity index (χ3v) is 4.56. The van der Waals surface area contributed by atoms with E-state index in [1.807, 2.05) is 0 Å². The van der Waals surface area contributed by atoms with Gasteiger partial charge in [0.1, 0.15) is 11.6 Å². The molecule has 4 nitrogen and oxygen atoms in total. The Morgan fingerprint density at radius 2 is 2.27 bits per heavy atom. The predicted molar refractivity (Wildman–Crippen MR) is 82.2 cm³/mol. The Kier molecular flexibility index (Phi) is 4.62. The summed E-state index contributed by atoms with van der Waals surface area (Å²) in [6, 6.07) is 4.86. The summed E-state index contributed by atoms with van der Waals surface area (Å²) in [4.78, 5) is 12.5. The molecule has 2 aliphatic heterocycles. The molecule has 0 saturated carbocycles. The number of benzene rings is 1. The zero-order valence-corrected chi connectivity index (χ0v) is 12.9. The topological polar surface area (TPSA) is 50.4 Å². The summed E-state index contributed by atoms with van der Waals surface area (Å²) < 4.78 is 19.0. The minimum Gasteiger partial charge on any atom is -0.493 e. The highest BCUT2D eigenvalue weighted by molar-refractivity contribution is 5.79. The molecule has 0 aliphatic carbocycles. The molecule has 0 aromatic heterocycles. The molecule has 3 rings (SSSR count). The summed E-state index contributed by atoms with van der Waals surface area (Å²) >= 11 is 0. The third kappa shape index (κ3) is 3.40. The highest BCUT2D eigenvalue weighted by atomic mass is 19.1. The van der Waals surface area contributed by atoms with Crippen LogP contribution in [0.5, 0.6) is 5.75 Å². The van der Waals surface area contributed by atoms with Gasteiger partial charge in [0.25, 0.3) is 0 Å². The molecule has 5 heteroatoms. The molecular formula is C17H23FN2O2. The standard InChI is InChI=1S/C17H23FN2O2/c1-11-9-12(6-7-19-11)17(21)20-15-3-2-8-22-16-10-13(18)4-5-14(15)16/h4-5,10-12,15,19H,2-3,6-9H2,1H3,(H,20,21)/t11-,12-,15?/m0/s1. The Balaban J connectivity index is 1.73. The van der Waals surface area contributed by atoms with Gasteiger partial charge >= 0.3 is 0 Å². The molecule has 2 N–H and O–H groups in total. The van der Waals surface area contributed by atoms with Crippen molar-refractivity contribution in [1.82, 2.24) is 10.6 Å². The van der Waals surface area contributed by atoms with Crippen molar-refractivity contribution in [2.75, 3.05) is 13.2 Å². The van der Waals surface area contributed by atoms with Crippen molar-refractivity contribution < 1.29 is 13.9 Å². The van der Waals surface area contributed by atoms with Crippen LogP contribution in [0.1, 0.15) is 44.2 Å². The summed E-state index contributed by atoms with van der Waals surface area (Å²) in [5.41, 5.74) is 0.884. The summed E-state index contributed by atoms with van der Waals surface area (Å²) in [6.07, 6.45) is 3.41. The van der Waals surface area contributed by atoms with Gasteiger partial charge in [-0.2, -0.15) is 0 Å². The van der Waals surface area contributed by atoms with Crippen LogP contribution in [0.15, 0.2) is 18.2 Å². The minimum absolute atomic E-state index is 0.0596. The van der Waals surface area contributed by atoms with Gasteiger partial charge < -0.3 is 15.4 Å². The van der Waals surface area contributed by atoms with Gasteiger partial charge in [0.2, 0.25) is 5.91 Å². The molecule has 1 aromatic carbocycles. The van der Waals surface area contributed by atoms with Gasteiger partial charge in [-0.1, -0.05) is 6.07 Å². The number of piperidine rings is 1. The first-order valence-corrected chi connectivity index (χ1v) is 8.09. The van der Waals surface area contributed by atoms with Gasteiger partial charge in [0.15, 0.2) is 0 Å². The highest BCUT2D eigenvalue weighted by Gasteiger charge is 2.28. The molecule has 1 amide bonds. The quantitative estimate of drug-likeness (QED) is 0.883. The van der Waals surface area contributed by atoms with E-state index in [2.05, 4.69) is 17.6 Å². The van der Waals surface area contributed by atoms with Gasteiger partial charge in [-0.25, -0.2) is 4.39 Å². The number of carbonyl (C=O) groups excluding carboxylic acids is 1. The minimum atomic E-state index is -0.307. The summed E-state index contributed by atoms with van der Waals surface area (Å²) in [5, 5.41) is 6.52. The smallest absolute Gasteiger partial charge is 0.223 e. The molecule has 22 heavy (non-hydrogen) atoms. The van der Waals surface area contributed by atoms with Crippen LogP contribution in [0.2, 0.25) is 0 Å². The molecule has 0 spiro atoms. The Labute approximate surface area is 130 Å². The van der Waals surface area contributed by atoms with Crippen LogP contribution >= 0.6 is 0 Å². The summed E-state index contributed by atoms with van der Waals surface area (Å²) in [5.74, 6) is 0.416. The predicted octanol–water partition coefficient (Wildman–Crippen LogP) is 2.54. The Hall–Kier alpha value is -1.62. The van der Waals surface area contributed by atoms with Crippen LogP contribution in [0.25, 0.3) is 0 Å². The summed E-state index contributed by atoms with van der Waals surface area (Å²) in [7, 11) is 0. The monoisotopic (exact) mass is 306 g/mol. The largest absolute Gasteiger partial charge is 0.493 e. The van der Waals surface area contributed by atoms with Crippen molar-refractivity contribution in [3.8, 4) is 5.75 Å². The van der Waals surface area contributed by atoms with Gasteiger partial charge in [0, 0.05) is 23.6 Å². The van der Waals surface area contributed by atoms with E-state index in [9.17, 15) is 9.18 Å². The van der Waals surface area contributed by atoms with Gasteiger partial charge in [-0.05, 0) is 45.2 Å². The number of carbonyl (C=O) groups is 1. The Morgan fingerprint density at radius 1 is 1.41 bits per heavy atom. The fourth-order valence-electron chi connectivity index (χ4n) is 3.36. The van der Waals surface area contributed by atoms with E-state index in [0.717, 1.165) is 37.8 Å². The maximum Gasteiger partial charge on any atom is 0.223 e. The molecule has 1 fully saturated rings. The molecule has 0 bridgehead atoms. The molecule has 1 aromatic rings.